The van der Waals surface area contributed by atoms with E-state index in [0.29, 0.717) is 83.3 Å². The molecule has 3 heterocycles. The van der Waals surface area contributed by atoms with Gasteiger partial charge in [0.25, 0.3) is 0 Å². The molecule has 12 aromatic rings. The van der Waals surface area contributed by atoms with E-state index in [9.17, 15) is 5.26 Å². The zero-order chi connectivity index (χ0) is 51.4. The summed E-state index contributed by atoms with van der Waals surface area (Å²) in [4.78, 5) is 2.13. The molecule has 0 bridgehead atoms. The number of nitrogens with zero attached hydrogens (tertiary/aromatic N) is 4. The van der Waals surface area contributed by atoms with E-state index < -0.39 is 28.9 Å². The summed E-state index contributed by atoms with van der Waals surface area (Å²) >= 11 is 0. The maximum Gasteiger partial charge on any atom is 0.416 e. The molecular formula is C65H40F6N4. The van der Waals surface area contributed by atoms with Crippen molar-refractivity contribution in [1.82, 2.24) is 9.13 Å². The molecule has 0 saturated carbocycles. The third-order valence-corrected chi connectivity index (χ3v) is 15.1. The van der Waals surface area contributed by atoms with E-state index in [1.54, 1.807) is 0 Å². The second kappa shape index (κ2) is 16.9. The molecule has 2 aromatic heterocycles. The lowest BCUT2D eigenvalue weighted by Crippen LogP contribution is -2.35. The van der Waals surface area contributed by atoms with Crippen molar-refractivity contribution in [2.45, 2.75) is 24.7 Å². The van der Waals surface area contributed by atoms with Crippen molar-refractivity contribution in [2.24, 2.45) is 0 Å². The zero-order valence-corrected chi connectivity index (χ0v) is 39.9. The van der Waals surface area contributed by atoms with Gasteiger partial charge in [-0.15, -0.1) is 0 Å². The van der Waals surface area contributed by atoms with Gasteiger partial charge in [-0.1, -0.05) is 176 Å². The number of nitriles is 1. The summed E-state index contributed by atoms with van der Waals surface area (Å²) in [6.07, 6.45) is -9.49. The number of benzene rings is 10. The average Bonchev–Trinajstić information content (AvgIpc) is 4.15. The normalized spacial score (nSPS) is 13.3. The Labute approximate surface area is 426 Å². The largest absolute Gasteiger partial charge is 0.416 e. The van der Waals surface area contributed by atoms with Crippen molar-refractivity contribution in [2.75, 3.05) is 4.90 Å². The van der Waals surface area contributed by atoms with Gasteiger partial charge in [0.15, 0.2) is 0 Å². The Morgan fingerprint density at radius 1 is 0.400 bits per heavy atom. The summed E-state index contributed by atoms with van der Waals surface area (Å²) < 4.78 is 95.1. The first-order valence-electron chi connectivity index (χ1n) is 24.4. The van der Waals surface area contributed by atoms with Gasteiger partial charge in [-0.25, -0.2) is 0 Å². The Morgan fingerprint density at radius 3 is 1.20 bits per heavy atom. The van der Waals surface area contributed by atoms with Gasteiger partial charge in [0.05, 0.1) is 67.2 Å². The maximum atomic E-state index is 15.2. The van der Waals surface area contributed by atoms with Crippen molar-refractivity contribution >= 4 is 60.7 Å². The van der Waals surface area contributed by atoms with Crippen LogP contribution in [0, 0.1) is 11.3 Å². The fourth-order valence-electron chi connectivity index (χ4n) is 11.8. The molecule has 0 aliphatic carbocycles. The van der Waals surface area contributed by atoms with Gasteiger partial charge in [0.2, 0.25) is 0 Å². The fraction of sp³-hybridized carbons (Fsp3) is 0.0615. The van der Waals surface area contributed by atoms with Crippen molar-refractivity contribution in [3.63, 3.8) is 0 Å². The first kappa shape index (κ1) is 45.5. The molecule has 0 atom stereocenters. The zero-order valence-electron chi connectivity index (χ0n) is 39.9. The van der Waals surface area contributed by atoms with Crippen molar-refractivity contribution in [1.29, 1.82) is 5.26 Å². The van der Waals surface area contributed by atoms with E-state index >= 15 is 26.3 Å². The van der Waals surface area contributed by atoms with Gasteiger partial charge in [-0.3, -0.25) is 0 Å². The van der Waals surface area contributed by atoms with Crippen molar-refractivity contribution < 1.29 is 26.3 Å². The van der Waals surface area contributed by atoms with E-state index in [1.807, 2.05) is 173 Å². The van der Waals surface area contributed by atoms with Crippen molar-refractivity contribution in [3.05, 3.63) is 258 Å². The van der Waals surface area contributed by atoms with Crippen LogP contribution in [0.15, 0.2) is 224 Å². The minimum atomic E-state index is -4.74. The van der Waals surface area contributed by atoms with Crippen LogP contribution in [0.4, 0.5) is 43.4 Å². The van der Waals surface area contributed by atoms with Crippen LogP contribution in [-0.4, -0.2) is 9.13 Å². The smallest absolute Gasteiger partial charge is 0.306 e. The first-order chi connectivity index (χ1) is 36.4. The number of halogens is 6. The highest BCUT2D eigenvalue weighted by Crippen LogP contribution is 2.60. The second-order valence-electron chi connectivity index (χ2n) is 19.0. The van der Waals surface area contributed by atoms with Crippen LogP contribution in [0.25, 0.3) is 77.2 Å². The lowest BCUT2D eigenvalue weighted by atomic mass is 9.67. The van der Waals surface area contributed by atoms with Crippen LogP contribution >= 0.6 is 0 Å². The quantitative estimate of drug-likeness (QED) is 0.156. The summed E-state index contributed by atoms with van der Waals surface area (Å²) in [6.45, 7) is 2.18. The first-order valence-corrected chi connectivity index (χ1v) is 24.4. The number of fused-ring (bicyclic) bond motifs is 8. The van der Waals surface area contributed by atoms with E-state index in [0.717, 1.165) is 41.0 Å². The average molecular weight is 991 g/mol. The van der Waals surface area contributed by atoms with E-state index in [-0.39, 0.29) is 16.6 Å². The Hall–Kier alpha value is -9.33. The summed E-state index contributed by atoms with van der Waals surface area (Å²) in [5, 5.41) is 14.5. The Bertz CT molecular complexity index is 4050. The Balaban J connectivity index is 1.37. The van der Waals surface area contributed by atoms with Crippen LogP contribution in [-0.2, 0) is 17.8 Å². The molecule has 0 radical (unpaired) electrons. The lowest BCUT2D eigenvalue weighted by Gasteiger charge is -2.45. The molecule has 10 heteroatoms. The van der Waals surface area contributed by atoms with Gasteiger partial charge < -0.3 is 14.0 Å². The van der Waals surface area contributed by atoms with Crippen molar-refractivity contribution in [3.8, 4) is 39.7 Å². The number of hydrogen-bond donors (Lipinski definition) is 0. The molecule has 0 saturated heterocycles. The summed E-state index contributed by atoms with van der Waals surface area (Å²) in [5.74, 6) is 0. The summed E-state index contributed by atoms with van der Waals surface area (Å²) in [6, 6.07) is 69.8. The van der Waals surface area contributed by atoms with E-state index in [2.05, 4.69) is 42.2 Å². The molecule has 0 spiro atoms. The number of para-hydroxylation sites is 4. The van der Waals surface area contributed by atoms with Crippen LogP contribution in [0.5, 0.6) is 0 Å². The van der Waals surface area contributed by atoms with E-state index in [1.165, 1.54) is 12.1 Å². The van der Waals surface area contributed by atoms with Crippen LogP contribution in [0.2, 0.25) is 0 Å². The molecule has 0 amide bonds. The molecular weight excluding hydrogens is 951 g/mol. The number of rotatable bonds is 6. The highest BCUT2D eigenvalue weighted by molar-refractivity contribution is 6.16. The van der Waals surface area contributed by atoms with Gasteiger partial charge in [-0.05, 0) is 83.3 Å². The predicted molar refractivity (Wildman–Crippen MR) is 287 cm³/mol. The number of anilines is 3. The molecule has 362 valence electrons. The topological polar surface area (TPSA) is 36.9 Å². The number of hydrogen-bond acceptors (Lipinski definition) is 2. The minimum absolute atomic E-state index is 0.157. The third kappa shape index (κ3) is 6.84. The Kier molecular flexibility index (Phi) is 10.2. The summed E-state index contributed by atoms with van der Waals surface area (Å²) in [7, 11) is 0. The molecule has 1 aliphatic heterocycles. The van der Waals surface area contributed by atoms with Crippen LogP contribution in [0.1, 0.15) is 40.3 Å². The van der Waals surface area contributed by atoms with E-state index in [4.69, 9.17) is 0 Å². The van der Waals surface area contributed by atoms with Crippen LogP contribution in [0.3, 0.4) is 0 Å². The SMILES string of the molecule is CC1(c2ccccc2)c2ccccc2N(c2c(-n3c4ccccc4c4ccc(C(F)(F)F)cc43)c(-c3ccccc3)c(C#N)c(-c3ccccc3)c2-n2c3ccccc3c3ccc(C(F)(F)F)cc32)c2ccccc21. The minimum Gasteiger partial charge on any atom is -0.306 e. The number of alkyl halides is 6. The molecule has 0 N–H and O–H groups in total. The number of aromatic nitrogens is 2. The Morgan fingerprint density at radius 2 is 0.773 bits per heavy atom. The molecule has 75 heavy (non-hydrogen) atoms. The predicted octanol–water partition coefficient (Wildman–Crippen LogP) is 18.3. The standard InChI is InChI=1S/C65H40F6N4/c1-63(42-23-9-4-10-24-42)50-27-13-17-31-54(50)75(55-32-18-14-28-51(55)63)62-60(73-52-29-15-11-25-45(52)47-35-33-43(37-56(47)73)64(66,67)68)58(40-19-5-2-6-20-40)49(39-72)59(41-21-7-3-8-22-41)61(62)74-53-30-16-12-26-46(53)48-36-34-44(38-57(48)74)65(69,70)71/h2-38H,1H3. The maximum absolute atomic E-state index is 15.2. The lowest BCUT2D eigenvalue weighted by molar-refractivity contribution is -0.138. The second-order valence-corrected chi connectivity index (χ2v) is 19.0. The van der Waals surface area contributed by atoms with Gasteiger partial charge in [0.1, 0.15) is 6.07 Å². The van der Waals surface area contributed by atoms with Gasteiger partial charge in [-0.2, -0.15) is 31.6 Å². The van der Waals surface area contributed by atoms with Gasteiger partial charge in [0, 0.05) is 38.1 Å². The molecule has 4 nitrogen and oxygen atoms in total. The highest BCUT2D eigenvalue weighted by atomic mass is 19.4. The molecule has 10 aromatic carbocycles. The molecule has 13 rings (SSSR count). The van der Waals surface area contributed by atoms with Gasteiger partial charge >= 0.3 is 12.4 Å². The monoisotopic (exact) mass is 990 g/mol. The molecule has 0 unspecified atom stereocenters. The molecule has 0 fully saturated rings. The third-order valence-electron chi connectivity index (χ3n) is 15.1. The molecule has 1 aliphatic rings. The fourth-order valence-corrected chi connectivity index (χ4v) is 11.8. The summed E-state index contributed by atoms with van der Waals surface area (Å²) in [5.41, 5.74) is 6.38. The van der Waals surface area contributed by atoms with Crippen LogP contribution < -0.4 is 4.90 Å². The highest BCUT2D eigenvalue weighted by Gasteiger charge is 2.45.